The zero-order valence-electron chi connectivity index (χ0n) is 11.0. The molecule has 0 atom stereocenters. The summed E-state index contributed by atoms with van der Waals surface area (Å²) in [6.45, 7) is 3.45. The van der Waals surface area contributed by atoms with E-state index in [-0.39, 0.29) is 5.91 Å². The molecule has 0 bridgehead atoms. The number of pyridine rings is 1. The Morgan fingerprint density at radius 2 is 2.17 bits per heavy atom. The number of hydrogen-bond donors (Lipinski definition) is 1. The molecule has 1 aromatic heterocycles. The minimum Gasteiger partial charge on any atom is -0.363 e. The third-order valence-corrected chi connectivity index (χ3v) is 3.08. The van der Waals surface area contributed by atoms with Crippen molar-refractivity contribution in [1.29, 1.82) is 0 Å². The van der Waals surface area contributed by atoms with E-state index in [1.807, 2.05) is 36.0 Å². The zero-order chi connectivity index (χ0) is 13.0. The van der Waals surface area contributed by atoms with E-state index < -0.39 is 0 Å². The predicted molar refractivity (Wildman–Crippen MR) is 72.0 cm³/mol. The molecule has 1 aliphatic rings. The molecular weight excluding hydrogens is 228 g/mol. The number of aromatic nitrogens is 1. The van der Waals surface area contributed by atoms with E-state index in [2.05, 4.69) is 10.3 Å². The number of nitrogens with one attached hydrogen (secondary N) is 1. The van der Waals surface area contributed by atoms with Gasteiger partial charge in [0.05, 0.1) is 5.56 Å². The van der Waals surface area contributed by atoms with Crippen LogP contribution in [0.2, 0.25) is 0 Å². The summed E-state index contributed by atoms with van der Waals surface area (Å²) in [5.74, 6) is 0.945. The fraction of sp³-hybridized carbons (Fsp3) is 0.538. The van der Waals surface area contributed by atoms with Crippen LogP contribution < -0.4 is 10.2 Å². The van der Waals surface area contributed by atoms with Crippen molar-refractivity contribution in [3.8, 4) is 0 Å². The van der Waals surface area contributed by atoms with Crippen LogP contribution in [0.4, 0.5) is 5.82 Å². The van der Waals surface area contributed by atoms with Gasteiger partial charge in [0, 0.05) is 39.9 Å². The average Bonchev–Trinajstić information content (AvgIpc) is 2.67. The van der Waals surface area contributed by atoms with Crippen molar-refractivity contribution in [3.63, 3.8) is 0 Å². The van der Waals surface area contributed by atoms with E-state index in [0.29, 0.717) is 5.56 Å². The summed E-state index contributed by atoms with van der Waals surface area (Å²) in [4.78, 5) is 20.4. The van der Waals surface area contributed by atoms with Crippen molar-refractivity contribution in [3.05, 3.63) is 23.9 Å². The van der Waals surface area contributed by atoms with Gasteiger partial charge >= 0.3 is 0 Å². The van der Waals surface area contributed by atoms with E-state index in [9.17, 15) is 4.79 Å². The fourth-order valence-electron chi connectivity index (χ4n) is 2.01. The summed E-state index contributed by atoms with van der Waals surface area (Å²) in [7, 11) is 3.87. The zero-order valence-corrected chi connectivity index (χ0v) is 11.0. The number of carbonyl (C=O) groups is 1. The first-order valence-electron chi connectivity index (χ1n) is 6.32. The normalized spacial score (nSPS) is 16.2. The molecule has 1 amide bonds. The largest absolute Gasteiger partial charge is 0.363 e. The number of nitrogens with zero attached hydrogens (tertiary/aromatic N) is 3. The summed E-state index contributed by atoms with van der Waals surface area (Å²) in [6.07, 6.45) is 2.67. The van der Waals surface area contributed by atoms with Crippen molar-refractivity contribution in [2.45, 2.75) is 6.42 Å². The van der Waals surface area contributed by atoms with Gasteiger partial charge in [-0.15, -0.1) is 0 Å². The van der Waals surface area contributed by atoms with Crippen molar-refractivity contribution in [2.75, 3.05) is 45.2 Å². The quantitative estimate of drug-likeness (QED) is 0.832. The van der Waals surface area contributed by atoms with E-state index in [4.69, 9.17) is 0 Å². The lowest BCUT2D eigenvalue weighted by Crippen LogP contribution is -2.34. The molecule has 2 heterocycles. The van der Waals surface area contributed by atoms with Gasteiger partial charge in [0.25, 0.3) is 5.91 Å². The molecule has 0 radical (unpaired) electrons. The highest BCUT2D eigenvalue weighted by Gasteiger charge is 2.17. The molecule has 18 heavy (non-hydrogen) atoms. The highest BCUT2D eigenvalue weighted by atomic mass is 16.2. The number of rotatable bonds is 2. The lowest BCUT2D eigenvalue weighted by Gasteiger charge is -2.20. The van der Waals surface area contributed by atoms with Crippen LogP contribution in [0.3, 0.4) is 0 Å². The van der Waals surface area contributed by atoms with Gasteiger partial charge in [-0.25, -0.2) is 4.98 Å². The molecule has 1 fully saturated rings. The van der Waals surface area contributed by atoms with Gasteiger partial charge in [0.15, 0.2) is 0 Å². The molecule has 0 aromatic carbocycles. The molecule has 1 saturated heterocycles. The second-order valence-corrected chi connectivity index (χ2v) is 4.70. The van der Waals surface area contributed by atoms with Crippen LogP contribution in [0.15, 0.2) is 18.3 Å². The molecule has 2 rings (SSSR count). The number of carbonyl (C=O) groups excluding carboxylic acids is 1. The van der Waals surface area contributed by atoms with Crippen molar-refractivity contribution in [2.24, 2.45) is 0 Å². The van der Waals surface area contributed by atoms with E-state index in [1.54, 1.807) is 6.20 Å². The topological polar surface area (TPSA) is 48.5 Å². The van der Waals surface area contributed by atoms with Crippen LogP contribution in [-0.4, -0.2) is 56.1 Å². The standard InChI is InChI=1S/C13H20N4O/c1-16(2)12-5-4-11(10-15-12)13(18)17-8-3-6-14-7-9-17/h4-5,10,14H,3,6-9H2,1-2H3. The Bertz CT molecular complexity index is 394. The van der Waals surface area contributed by atoms with Gasteiger partial charge in [-0.1, -0.05) is 0 Å². The number of amides is 1. The first kappa shape index (κ1) is 12.8. The Morgan fingerprint density at radius 3 is 2.83 bits per heavy atom. The van der Waals surface area contributed by atoms with E-state index in [1.165, 1.54) is 0 Å². The van der Waals surface area contributed by atoms with Gasteiger partial charge in [0.2, 0.25) is 0 Å². The maximum absolute atomic E-state index is 12.3. The molecule has 98 valence electrons. The molecule has 0 unspecified atom stereocenters. The summed E-state index contributed by atoms with van der Waals surface area (Å²) in [6, 6.07) is 3.73. The van der Waals surface area contributed by atoms with Crippen LogP contribution in [0.5, 0.6) is 0 Å². The maximum Gasteiger partial charge on any atom is 0.255 e. The van der Waals surface area contributed by atoms with Crippen LogP contribution in [0.25, 0.3) is 0 Å². The minimum atomic E-state index is 0.0801. The monoisotopic (exact) mass is 248 g/mol. The first-order valence-corrected chi connectivity index (χ1v) is 6.32. The molecular formula is C13H20N4O. The third kappa shape index (κ3) is 2.98. The molecule has 0 saturated carbocycles. The Morgan fingerprint density at radius 1 is 1.33 bits per heavy atom. The SMILES string of the molecule is CN(C)c1ccc(C(=O)N2CCCNCC2)cn1. The summed E-state index contributed by atoms with van der Waals surface area (Å²) in [5, 5.41) is 3.29. The summed E-state index contributed by atoms with van der Waals surface area (Å²) >= 11 is 0. The lowest BCUT2D eigenvalue weighted by molar-refractivity contribution is 0.0766. The average molecular weight is 248 g/mol. The van der Waals surface area contributed by atoms with Gasteiger partial charge in [-0.2, -0.15) is 0 Å². The minimum absolute atomic E-state index is 0.0801. The molecule has 5 nitrogen and oxygen atoms in total. The number of hydrogen-bond acceptors (Lipinski definition) is 4. The van der Waals surface area contributed by atoms with Gasteiger partial charge in [-0.3, -0.25) is 4.79 Å². The van der Waals surface area contributed by atoms with Crippen molar-refractivity contribution >= 4 is 11.7 Å². The second kappa shape index (κ2) is 5.82. The van der Waals surface area contributed by atoms with Crippen molar-refractivity contribution < 1.29 is 4.79 Å². The van der Waals surface area contributed by atoms with Crippen LogP contribution >= 0.6 is 0 Å². The molecule has 5 heteroatoms. The van der Waals surface area contributed by atoms with E-state index >= 15 is 0 Å². The highest BCUT2D eigenvalue weighted by Crippen LogP contribution is 2.10. The molecule has 0 aliphatic carbocycles. The smallest absolute Gasteiger partial charge is 0.255 e. The van der Waals surface area contributed by atoms with E-state index in [0.717, 1.165) is 38.4 Å². The summed E-state index contributed by atoms with van der Waals surface area (Å²) < 4.78 is 0. The Kier molecular flexibility index (Phi) is 4.15. The third-order valence-electron chi connectivity index (χ3n) is 3.08. The molecule has 1 aromatic rings. The summed E-state index contributed by atoms with van der Waals surface area (Å²) in [5.41, 5.74) is 0.669. The fourth-order valence-corrected chi connectivity index (χ4v) is 2.01. The van der Waals surface area contributed by atoms with Gasteiger partial charge in [-0.05, 0) is 25.1 Å². The second-order valence-electron chi connectivity index (χ2n) is 4.70. The first-order chi connectivity index (χ1) is 8.68. The van der Waals surface area contributed by atoms with Gasteiger partial charge < -0.3 is 15.1 Å². The predicted octanol–water partition coefficient (Wildman–Crippen LogP) is 0.583. The van der Waals surface area contributed by atoms with Crippen LogP contribution in [0.1, 0.15) is 16.8 Å². The van der Waals surface area contributed by atoms with Gasteiger partial charge in [0.1, 0.15) is 5.82 Å². The maximum atomic E-state index is 12.3. The molecule has 1 N–H and O–H groups in total. The highest BCUT2D eigenvalue weighted by molar-refractivity contribution is 5.94. The van der Waals surface area contributed by atoms with Crippen LogP contribution in [-0.2, 0) is 0 Å². The number of anilines is 1. The Hall–Kier alpha value is -1.62. The van der Waals surface area contributed by atoms with Crippen LogP contribution in [0, 0.1) is 0 Å². The molecule has 0 spiro atoms. The lowest BCUT2D eigenvalue weighted by atomic mass is 10.2. The molecule has 1 aliphatic heterocycles. The Labute approximate surface area is 108 Å². The van der Waals surface area contributed by atoms with Crippen molar-refractivity contribution in [1.82, 2.24) is 15.2 Å². The Balaban J connectivity index is 2.07.